The summed E-state index contributed by atoms with van der Waals surface area (Å²) in [6.07, 6.45) is 3.59. The summed E-state index contributed by atoms with van der Waals surface area (Å²) >= 11 is 0. The van der Waals surface area contributed by atoms with E-state index >= 15 is 0 Å². The number of allylic oxidation sites excluding steroid dienone is 1. The molecule has 23 heavy (non-hydrogen) atoms. The molecule has 0 saturated carbocycles. The second kappa shape index (κ2) is 7.79. The molecule has 0 aromatic heterocycles. The van der Waals surface area contributed by atoms with Gasteiger partial charge in [0.15, 0.2) is 0 Å². The fourth-order valence-corrected chi connectivity index (χ4v) is 3.13. The monoisotopic (exact) mass is 344 g/mol. The standard InChI is InChI=1S/C17H32N2O3S/c1-13(2)23(21,22)18-11-15-8-7-9-19(12-15)16(20)10-14(3)17(4,5)6/h10,13,15,18H,7-9,11-12H2,1-6H3/b14-10+/t15-/m0/s1. The van der Waals surface area contributed by atoms with Crippen LogP contribution in [0.5, 0.6) is 0 Å². The van der Waals surface area contributed by atoms with Crippen molar-refractivity contribution in [1.29, 1.82) is 0 Å². The smallest absolute Gasteiger partial charge is 0.246 e. The van der Waals surface area contributed by atoms with Crippen LogP contribution in [0.2, 0.25) is 0 Å². The van der Waals surface area contributed by atoms with Crippen molar-refractivity contribution in [1.82, 2.24) is 9.62 Å². The van der Waals surface area contributed by atoms with E-state index in [4.69, 9.17) is 0 Å². The lowest BCUT2D eigenvalue weighted by molar-refractivity contribution is -0.127. The maximum atomic E-state index is 12.4. The lowest BCUT2D eigenvalue weighted by atomic mass is 9.87. The quantitative estimate of drug-likeness (QED) is 0.780. The molecule has 0 bridgehead atoms. The van der Waals surface area contributed by atoms with Crippen LogP contribution < -0.4 is 4.72 Å². The van der Waals surface area contributed by atoms with Gasteiger partial charge in [0, 0.05) is 25.7 Å². The van der Waals surface area contributed by atoms with E-state index < -0.39 is 15.3 Å². The summed E-state index contributed by atoms with van der Waals surface area (Å²) in [7, 11) is -3.24. The highest BCUT2D eigenvalue weighted by atomic mass is 32.2. The van der Waals surface area contributed by atoms with Crippen molar-refractivity contribution in [3.63, 3.8) is 0 Å². The first-order chi connectivity index (χ1) is 10.4. The van der Waals surface area contributed by atoms with E-state index in [0.717, 1.165) is 25.0 Å². The summed E-state index contributed by atoms with van der Waals surface area (Å²) in [5.74, 6) is 0.221. The van der Waals surface area contributed by atoms with Crippen LogP contribution in [0.25, 0.3) is 0 Å². The number of hydrogen-bond donors (Lipinski definition) is 1. The lowest BCUT2D eigenvalue weighted by Crippen LogP contribution is -2.44. The van der Waals surface area contributed by atoms with Crippen molar-refractivity contribution in [2.75, 3.05) is 19.6 Å². The number of carbonyl (C=O) groups excluding carboxylic acids is 1. The number of piperidine rings is 1. The highest BCUT2D eigenvalue weighted by molar-refractivity contribution is 7.90. The van der Waals surface area contributed by atoms with Gasteiger partial charge in [0.2, 0.25) is 15.9 Å². The highest BCUT2D eigenvalue weighted by Gasteiger charge is 2.25. The summed E-state index contributed by atoms with van der Waals surface area (Å²) in [6, 6.07) is 0. The Hall–Kier alpha value is -0.880. The number of rotatable bonds is 5. The SMILES string of the molecule is C/C(=C\C(=O)N1CCC[C@@H](CNS(=O)(=O)C(C)C)C1)C(C)(C)C. The zero-order chi connectivity index (χ0) is 17.8. The topological polar surface area (TPSA) is 66.5 Å². The number of nitrogens with zero attached hydrogens (tertiary/aromatic N) is 1. The molecule has 0 spiro atoms. The molecule has 0 aliphatic carbocycles. The van der Waals surface area contributed by atoms with Gasteiger partial charge in [0.1, 0.15) is 0 Å². The van der Waals surface area contributed by atoms with Gasteiger partial charge in [-0.05, 0) is 44.9 Å². The van der Waals surface area contributed by atoms with Crippen molar-refractivity contribution >= 4 is 15.9 Å². The summed E-state index contributed by atoms with van der Waals surface area (Å²) < 4.78 is 26.4. The largest absolute Gasteiger partial charge is 0.339 e. The molecule has 1 aliphatic rings. The van der Waals surface area contributed by atoms with Crippen LogP contribution in [0, 0.1) is 11.3 Å². The molecule has 0 aromatic carbocycles. The van der Waals surface area contributed by atoms with Crippen LogP contribution >= 0.6 is 0 Å². The summed E-state index contributed by atoms with van der Waals surface area (Å²) in [5, 5.41) is -0.429. The number of hydrogen-bond acceptors (Lipinski definition) is 3. The molecule has 1 atom stereocenters. The predicted molar refractivity (Wildman–Crippen MR) is 94.6 cm³/mol. The van der Waals surface area contributed by atoms with Gasteiger partial charge in [0.25, 0.3) is 0 Å². The molecule has 1 N–H and O–H groups in total. The van der Waals surface area contributed by atoms with Gasteiger partial charge in [-0.2, -0.15) is 0 Å². The van der Waals surface area contributed by atoms with Gasteiger partial charge in [-0.1, -0.05) is 26.3 Å². The number of carbonyl (C=O) groups is 1. The number of likely N-dealkylation sites (tertiary alicyclic amines) is 1. The maximum Gasteiger partial charge on any atom is 0.246 e. The molecule has 6 heteroatoms. The Bertz CT molecular complexity index is 545. The minimum Gasteiger partial charge on any atom is -0.339 e. The molecule has 1 fully saturated rings. The van der Waals surface area contributed by atoms with Crippen LogP contribution in [0.15, 0.2) is 11.6 Å². The summed E-state index contributed by atoms with van der Waals surface area (Å²) in [5.41, 5.74) is 1.04. The second-order valence-electron chi connectivity index (χ2n) is 7.81. The third-order valence-corrected chi connectivity index (χ3v) is 6.36. The molecule has 0 unspecified atom stereocenters. The minimum absolute atomic E-state index is 0.0161. The molecule has 0 radical (unpaired) electrons. The highest BCUT2D eigenvalue weighted by Crippen LogP contribution is 2.25. The summed E-state index contributed by atoms with van der Waals surface area (Å²) in [6.45, 7) is 13.4. The summed E-state index contributed by atoms with van der Waals surface area (Å²) in [4.78, 5) is 14.3. The van der Waals surface area contributed by atoms with Gasteiger partial charge in [0.05, 0.1) is 5.25 Å². The van der Waals surface area contributed by atoms with E-state index in [1.54, 1.807) is 19.9 Å². The van der Waals surface area contributed by atoms with Crippen molar-refractivity contribution in [2.24, 2.45) is 11.3 Å². The van der Waals surface area contributed by atoms with Crippen LogP contribution in [0.3, 0.4) is 0 Å². The average molecular weight is 345 g/mol. The first-order valence-electron chi connectivity index (χ1n) is 8.39. The van der Waals surface area contributed by atoms with Crippen molar-refractivity contribution in [2.45, 2.75) is 59.6 Å². The van der Waals surface area contributed by atoms with Crippen LogP contribution in [-0.4, -0.2) is 44.1 Å². The predicted octanol–water partition coefficient (Wildman–Crippen LogP) is 2.55. The zero-order valence-electron chi connectivity index (χ0n) is 15.3. The maximum absolute atomic E-state index is 12.4. The molecular weight excluding hydrogens is 312 g/mol. The Morgan fingerprint density at radius 3 is 2.48 bits per heavy atom. The number of amides is 1. The Kier molecular flexibility index (Phi) is 6.83. The van der Waals surface area contributed by atoms with Crippen molar-refractivity contribution in [3.05, 3.63) is 11.6 Å². The fourth-order valence-electron chi connectivity index (χ4n) is 2.33. The Labute approximate surface area is 141 Å². The molecule has 0 aromatic rings. The molecule has 134 valence electrons. The average Bonchev–Trinajstić information content (AvgIpc) is 2.44. The zero-order valence-corrected chi connectivity index (χ0v) is 16.2. The first kappa shape index (κ1) is 20.2. The first-order valence-corrected chi connectivity index (χ1v) is 9.94. The van der Waals surface area contributed by atoms with Crippen molar-refractivity contribution < 1.29 is 13.2 Å². The van der Waals surface area contributed by atoms with Crippen molar-refractivity contribution in [3.8, 4) is 0 Å². The van der Waals surface area contributed by atoms with E-state index in [1.165, 1.54) is 0 Å². The van der Waals surface area contributed by atoms with E-state index in [-0.39, 0.29) is 17.2 Å². The Morgan fingerprint density at radius 1 is 1.35 bits per heavy atom. The Balaban J connectivity index is 2.63. The molecular formula is C17H32N2O3S. The third kappa shape index (κ3) is 6.26. The van der Waals surface area contributed by atoms with Crippen LogP contribution in [0.1, 0.15) is 54.4 Å². The normalized spacial score (nSPS) is 20.9. The van der Waals surface area contributed by atoms with Crippen LogP contribution in [0.4, 0.5) is 0 Å². The van der Waals surface area contributed by atoms with Crippen LogP contribution in [-0.2, 0) is 14.8 Å². The molecule has 1 heterocycles. The number of nitrogens with one attached hydrogen (secondary N) is 1. The van der Waals surface area contributed by atoms with Gasteiger partial charge in [-0.3, -0.25) is 4.79 Å². The fraction of sp³-hybridized carbons (Fsp3) is 0.824. The number of sulfonamides is 1. The molecule has 1 aliphatic heterocycles. The molecule has 1 saturated heterocycles. The molecule has 1 amide bonds. The van der Waals surface area contributed by atoms with E-state index in [1.807, 2.05) is 11.8 Å². The van der Waals surface area contributed by atoms with Gasteiger partial charge in [-0.25, -0.2) is 13.1 Å². The van der Waals surface area contributed by atoms with Gasteiger partial charge < -0.3 is 4.90 Å². The lowest BCUT2D eigenvalue weighted by Gasteiger charge is -2.33. The van der Waals surface area contributed by atoms with E-state index in [2.05, 4.69) is 25.5 Å². The third-order valence-electron chi connectivity index (χ3n) is 4.55. The molecule has 5 nitrogen and oxygen atoms in total. The second-order valence-corrected chi connectivity index (χ2v) is 10.1. The minimum atomic E-state index is -3.24. The van der Waals surface area contributed by atoms with E-state index in [0.29, 0.717) is 13.1 Å². The Morgan fingerprint density at radius 2 is 1.96 bits per heavy atom. The van der Waals surface area contributed by atoms with Gasteiger partial charge in [-0.15, -0.1) is 0 Å². The van der Waals surface area contributed by atoms with Gasteiger partial charge >= 0.3 is 0 Å². The van der Waals surface area contributed by atoms with E-state index in [9.17, 15) is 13.2 Å². The molecule has 1 rings (SSSR count).